The lowest BCUT2D eigenvalue weighted by Gasteiger charge is -2.16. The Labute approximate surface area is 187 Å². The van der Waals surface area contributed by atoms with Crippen molar-refractivity contribution in [2.45, 2.75) is 28.9 Å². The number of nitrogens with zero attached hydrogens (tertiary/aromatic N) is 2. The van der Waals surface area contributed by atoms with Gasteiger partial charge in [-0.15, -0.1) is 11.8 Å². The van der Waals surface area contributed by atoms with Crippen LogP contribution in [0, 0.1) is 0 Å². The molecule has 1 N–H and O–H groups in total. The van der Waals surface area contributed by atoms with E-state index in [0.29, 0.717) is 12.3 Å². The Morgan fingerprint density at radius 2 is 1.78 bits per heavy atom. The molecule has 0 spiro atoms. The van der Waals surface area contributed by atoms with Crippen molar-refractivity contribution in [1.82, 2.24) is 9.88 Å². The number of likely N-dealkylation sites (tertiary alicyclic amines) is 1. The molecule has 2 aromatic rings. The van der Waals surface area contributed by atoms with Gasteiger partial charge in [-0.1, -0.05) is 17.7 Å². The fraction of sp³-hybridized carbons (Fsp3) is 0.316. The molecule has 172 valence electrons. The molecule has 1 saturated heterocycles. The molecule has 1 aromatic carbocycles. The van der Waals surface area contributed by atoms with Crippen molar-refractivity contribution in [3.8, 4) is 0 Å². The molecule has 32 heavy (non-hydrogen) atoms. The summed E-state index contributed by atoms with van der Waals surface area (Å²) in [5.41, 5.74) is -1.88. The number of thioether (sulfide) groups is 1. The number of aromatic nitrogens is 1. The molecule has 1 atom stereocenters. The van der Waals surface area contributed by atoms with E-state index in [-0.39, 0.29) is 35.2 Å². The van der Waals surface area contributed by atoms with Crippen LogP contribution in [0.5, 0.6) is 0 Å². The summed E-state index contributed by atoms with van der Waals surface area (Å²) in [6.07, 6.45) is -8.71. The first-order valence-corrected chi connectivity index (χ1v) is 10.3. The van der Waals surface area contributed by atoms with E-state index in [2.05, 4.69) is 10.3 Å². The van der Waals surface area contributed by atoms with E-state index in [0.717, 1.165) is 28.8 Å². The molecule has 1 fully saturated rings. The maximum atomic E-state index is 12.9. The van der Waals surface area contributed by atoms with Gasteiger partial charge >= 0.3 is 12.4 Å². The second kappa shape index (κ2) is 9.18. The third kappa shape index (κ3) is 5.66. The number of imide groups is 1. The average Bonchev–Trinajstić information content (AvgIpc) is 2.95. The lowest BCUT2D eigenvalue weighted by Crippen LogP contribution is -2.35. The molecule has 1 aliphatic rings. The van der Waals surface area contributed by atoms with Crippen LogP contribution in [0.2, 0.25) is 5.02 Å². The highest BCUT2D eigenvalue weighted by molar-refractivity contribution is 8.00. The second-order valence-corrected chi connectivity index (χ2v) is 8.38. The van der Waals surface area contributed by atoms with Crippen molar-refractivity contribution in [2.75, 3.05) is 18.4 Å². The van der Waals surface area contributed by atoms with Crippen molar-refractivity contribution in [3.05, 3.63) is 52.7 Å². The van der Waals surface area contributed by atoms with E-state index in [1.165, 1.54) is 12.1 Å². The molecule has 3 rings (SSSR count). The van der Waals surface area contributed by atoms with Gasteiger partial charge in [0.05, 0.1) is 21.4 Å². The maximum absolute atomic E-state index is 12.9. The standard InChI is InChI=1S/C19H14ClF6N3O2S/c20-13-7-11(19(24,25)26)9-28-16(13)27-4-5-29-15(30)8-14(17(29)31)32-12-3-1-2-10(6-12)18(21,22)23/h1-3,6-7,9,14H,4-5,8H2,(H,27,28)/t14-/m0/s1. The first kappa shape index (κ1) is 24.2. The predicted molar refractivity (Wildman–Crippen MR) is 105 cm³/mol. The van der Waals surface area contributed by atoms with Gasteiger partial charge < -0.3 is 5.32 Å². The number of carbonyl (C=O) groups is 2. The van der Waals surface area contributed by atoms with Gasteiger partial charge in [0.2, 0.25) is 11.8 Å². The highest BCUT2D eigenvalue weighted by atomic mass is 35.5. The van der Waals surface area contributed by atoms with Crippen LogP contribution in [0.4, 0.5) is 32.2 Å². The summed E-state index contributed by atoms with van der Waals surface area (Å²) < 4.78 is 76.5. The molecule has 0 saturated carbocycles. The van der Waals surface area contributed by atoms with E-state index in [9.17, 15) is 35.9 Å². The first-order valence-electron chi connectivity index (χ1n) is 9.01. The fourth-order valence-electron chi connectivity index (χ4n) is 2.90. The Morgan fingerprint density at radius 3 is 2.41 bits per heavy atom. The van der Waals surface area contributed by atoms with Crippen molar-refractivity contribution >= 4 is 41.0 Å². The molecular weight excluding hydrogens is 484 g/mol. The van der Waals surface area contributed by atoms with Crippen LogP contribution in [-0.4, -0.2) is 40.0 Å². The average molecular weight is 498 g/mol. The van der Waals surface area contributed by atoms with Gasteiger partial charge in [0, 0.05) is 30.6 Å². The van der Waals surface area contributed by atoms with Crippen molar-refractivity contribution in [2.24, 2.45) is 0 Å². The van der Waals surface area contributed by atoms with E-state index in [1.54, 1.807) is 0 Å². The van der Waals surface area contributed by atoms with Crippen molar-refractivity contribution in [1.29, 1.82) is 0 Å². The van der Waals surface area contributed by atoms with Crippen molar-refractivity contribution in [3.63, 3.8) is 0 Å². The summed E-state index contributed by atoms with van der Waals surface area (Å²) in [5, 5.41) is 1.50. The summed E-state index contributed by atoms with van der Waals surface area (Å²) in [6, 6.07) is 5.15. The van der Waals surface area contributed by atoms with Crippen LogP contribution in [0.25, 0.3) is 0 Å². The zero-order valence-corrected chi connectivity index (χ0v) is 17.5. The Hall–Kier alpha value is -2.47. The van der Waals surface area contributed by atoms with Crippen LogP contribution in [0.15, 0.2) is 41.4 Å². The normalized spacial score (nSPS) is 17.2. The van der Waals surface area contributed by atoms with Gasteiger partial charge in [-0.2, -0.15) is 26.3 Å². The number of hydrogen-bond donors (Lipinski definition) is 1. The number of anilines is 1. The molecule has 0 bridgehead atoms. The van der Waals surface area contributed by atoms with E-state index >= 15 is 0 Å². The largest absolute Gasteiger partial charge is 0.417 e. The number of carbonyl (C=O) groups excluding carboxylic acids is 2. The number of benzene rings is 1. The summed E-state index contributed by atoms with van der Waals surface area (Å²) in [7, 11) is 0. The molecular formula is C19H14ClF6N3O2S. The third-order valence-electron chi connectivity index (χ3n) is 4.44. The molecule has 1 aliphatic heterocycles. The SMILES string of the molecule is O=C1C[C@H](Sc2cccc(C(F)(F)F)c2)C(=O)N1CCNc1ncc(C(F)(F)F)cc1Cl. The van der Waals surface area contributed by atoms with E-state index in [4.69, 9.17) is 11.6 Å². The topological polar surface area (TPSA) is 62.3 Å². The Morgan fingerprint density at radius 1 is 1.09 bits per heavy atom. The molecule has 13 heteroatoms. The number of rotatable bonds is 6. The third-order valence-corrected chi connectivity index (χ3v) is 5.91. The lowest BCUT2D eigenvalue weighted by molar-refractivity contribution is -0.139. The first-order chi connectivity index (χ1) is 14.9. The van der Waals surface area contributed by atoms with Gasteiger partial charge in [0.25, 0.3) is 0 Å². The molecule has 2 amide bonds. The van der Waals surface area contributed by atoms with Crippen LogP contribution >= 0.6 is 23.4 Å². The smallest absolute Gasteiger partial charge is 0.367 e. The minimum absolute atomic E-state index is 0.0312. The summed E-state index contributed by atoms with van der Waals surface area (Å²) in [6.45, 7) is -0.146. The van der Waals surface area contributed by atoms with Crippen LogP contribution in [0.3, 0.4) is 0 Å². The fourth-order valence-corrected chi connectivity index (χ4v) is 4.27. The zero-order chi connectivity index (χ0) is 23.7. The van der Waals surface area contributed by atoms with Crippen LogP contribution < -0.4 is 5.32 Å². The van der Waals surface area contributed by atoms with Gasteiger partial charge in [-0.25, -0.2) is 4.98 Å². The molecule has 1 aromatic heterocycles. The lowest BCUT2D eigenvalue weighted by atomic mass is 10.2. The number of nitrogens with one attached hydrogen (secondary N) is 1. The molecule has 0 radical (unpaired) electrons. The highest BCUT2D eigenvalue weighted by Gasteiger charge is 2.39. The van der Waals surface area contributed by atoms with Gasteiger partial charge in [-0.05, 0) is 24.3 Å². The van der Waals surface area contributed by atoms with Crippen molar-refractivity contribution < 1.29 is 35.9 Å². The number of hydrogen-bond acceptors (Lipinski definition) is 5. The van der Waals surface area contributed by atoms with Gasteiger partial charge in [-0.3, -0.25) is 14.5 Å². The number of alkyl halides is 6. The van der Waals surface area contributed by atoms with E-state index < -0.39 is 40.5 Å². The molecule has 0 aliphatic carbocycles. The van der Waals surface area contributed by atoms with Gasteiger partial charge in [0.1, 0.15) is 5.82 Å². The Bertz CT molecular complexity index is 1030. The minimum Gasteiger partial charge on any atom is -0.367 e. The second-order valence-electron chi connectivity index (χ2n) is 6.70. The number of halogens is 7. The monoisotopic (exact) mass is 497 g/mol. The van der Waals surface area contributed by atoms with Gasteiger partial charge in [0.15, 0.2) is 0 Å². The van der Waals surface area contributed by atoms with Crippen LogP contribution in [0.1, 0.15) is 17.5 Å². The summed E-state index contributed by atoms with van der Waals surface area (Å²) >= 11 is 6.65. The maximum Gasteiger partial charge on any atom is 0.417 e. The number of amides is 2. The summed E-state index contributed by atoms with van der Waals surface area (Å²) in [4.78, 5) is 29.5. The zero-order valence-electron chi connectivity index (χ0n) is 15.9. The minimum atomic E-state index is -4.60. The summed E-state index contributed by atoms with van der Waals surface area (Å²) in [5.74, 6) is -1.12. The van der Waals surface area contributed by atoms with E-state index in [1.807, 2.05) is 0 Å². The highest BCUT2D eigenvalue weighted by Crippen LogP contribution is 2.36. The van der Waals surface area contributed by atoms with Crippen LogP contribution in [-0.2, 0) is 21.9 Å². The quantitative estimate of drug-likeness (QED) is 0.444. The number of pyridine rings is 1. The molecule has 2 heterocycles. The Balaban J connectivity index is 1.59. The molecule has 0 unspecified atom stereocenters. The predicted octanol–water partition coefficient (Wildman–Crippen LogP) is 5.10. The molecule has 5 nitrogen and oxygen atoms in total. The Kier molecular flexibility index (Phi) is 6.94.